The van der Waals surface area contributed by atoms with Crippen LogP contribution in [-0.2, 0) is 33.1 Å². The number of carbonyl (C=O) groups excluding carboxylic acids is 1. The van der Waals surface area contributed by atoms with Gasteiger partial charge in [-0.25, -0.2) is 0 Å². The minimum atomic E-state index is -5.01. The van der Waals surface area contributed by atoms with Crippen LogP contribution < -0.4 is 20.6 Å². The van der Waals surface area contributed by atoms with Gasteiger partial charge in [-0.05, 0) is 18.1 Å². The normalized spacial score (nSPS) is 17.7. The van der Waals surface area contributed by atoms with Gasteiger partial charge in [0.05, 0.1) is 0 Å². The van der Waals surface area contributed by atoms with Crippen molar-refractivity contribution in [2.24, 2.45) is 0 Å². The SMILES string of the molecule is C/C=C/P(OS(=O)(=O)ON1C(=O)N2CC(n3cc(S(=O)(=O)NCCO[Si](C)(C)C(C)(C)C)cn3)=CC1C2)(c1ccccc1)(c1ccccc1)c1ccccc1. The van der Waals surface area contributed by atoms with Crippen LogP contribution in [0.25, 0.3) is 5.70 Å². The summed E-state index contributed by atoms with van der Waals surface area (Å²) in [4.78, 5) is 15.0. The molecule has 2 amide bonds. The molecule has 4 aromatic rings. The number of allylic oxidation sites excluding steroid dienone is 1. The Morgan fingerprint density at radius 2 is 1.45 bits per heavy atom. The third-order valence-corrected chi connectivity index (χ3v) is 23.5. The van der Waals surface area contributed by atoms with Crippen LogP contribution in [0, 0.1) is 0 Å². The fourth-order valence-electron chi connectivity index (χ4n) is 6.62. The fraction of sp³-hybridized carbons (Fsp3) is 0.316. The number of fused-ring (bicyclic) bond motifs is 2. The molecule has 13 nitrogen and oxygen atoms in total. The van der Waals surface area contributed by atoms with Gasteiger partial charge < -0.3 is 4.43 Å². The summed E-state index contributed by atoms with van der Waals surface area (Å²) < 4.78 is 77.4. The van der Waals surface area contributed by atoms with Gasteiger partial charge in [0.25, 0.3) is 0 Å². The van der Waals surface area contributed by atoms with Gasteiger partial charge in [-0.15, -0.1) is 0 Å². The zero-order valence-corrected chi connectivity index (χ0v) is 35.3. The van der Waals surface area contributed by atoms with Gasteiger partial charge in [0.1, 0.15) is 0 Å². The van der Waals surface area contributed by atoms with Gasteiger partial charge in [-0.3, -0.25) is 0 Å². The maximum atomic E-state index is 14.4. The van der Waals surface area contributed by atoms with E-state index in [0.29, 0.717) is 21.6 Å². The molecule has 17 heteroatoms. The summed E-state index contributed by atoms with van der Waals surface area (Å²) in [6.07, 6.45) is 5.98. The van der Waals surface area contributed by atoms with E-state index in [1.54, 1.807) is 24.9 Å². The van der Waals surface area contributed by atoms with Crippen molar-refractivity contribution in [3.8, 4) is 0 Å². The molecule has 0 saturated carbocycles. The van der Waals surface area contributed by atoms with Gasteiger partial charge in [0.15, 0.2) is 8.32 Å². The number of hydrogen-bond donors (Lipinski definition) is 1. The van der Waals surface area contributed by atoms with Gasteiger partial charge >= 0.3 is 262 Å². The fourth-order valence-corrected chi connectivity index (χ4v) is 16.1. The van der Waals surface area contributed by atoms with Crippen LogP contribution >= 0.6 is 6.83 Å². The standard InChI is InChI=1S/C38H48N5O8PS2Si/c1-7-25-52(33-17-11-8-12-18-33,34-19-13-9-14-20-34,35-21-15-10-16-22-35)51-54(47,48)50-43-32-26-31(28-41(29-32)37(43)44)42-30-36(27-39-42)53(45,46)40-23-24-49-55(5,6)38(2,3)4/h7-22,25-27,30,32,40H,23-24,28-29H2,1-6H3/b25-7+. The van der Waals surface area contributed by atoms with Crippen LogP contribution in [0.5, 0.6) is 0 Å². The molecule has 2 aliphatic heterocycles. The molecule has 1 aromatic heterocycles. The predicted octanol–water partition coefficient (Wildman–Crippen LogP) is 5.32. The number of rotatable bonds is 15. The molecule has 1 fully saturated rings. The maximum absolute atomic E-state index is 14.4. The molecule has 1 atom stereocenters. The second-order valence-corrected chi connectivity index (χ2v) is 27.2. The summed E-state index contributed by atoms with van der Waals surface area (Å²) in [6, 6.07) is 25.9. The number of sulfonamides is 1. The van der Waals surface area contributed by atoms with E-state index >= 15 is 0 Å². The molecular weight excluding hydrogens is 778 g/mol. The van der Waals surface area contributed by atoms with Crippen LogP contribution in [-0.4, -0.2) is 83.2 Å². The Bertz CT molecular complexity index is 2200. The summed E-state index contributed by atoms with van der Waals surface area (Å²) in [7, 11) is -11.0. The molecule has 2 bridgehead atoms. The van der Waals surface area contributed by atoms with Gasteiger partial charge in [-0.2, -0.15) is 0 Å². The van der Waals surface area contributed by atoms with Crippen molar-refractivity contribution >= 4 is 63.2 Å². The first-order valence-electron chi connectivity index (χ1n) is 17.9. The van der Waals surface area contributed by atoms with Crippen molar-refractivity contribution in [3.63, 3.8) is 0 Å². The Hall–Kier alpha value is -3.99. The Kier molecular flexibility index (Phi) is 11.2. The van der Waals surface area contributed by atoms with Crippen LogP contribution in [0.4, 0.5) is 4.79 Å². The second-order valence-electron chi connectivity index (χ2n) is 15.0. The zero-order valence-electron chi connectivity index (χ0n) is 31.8. The summed E-state index contributed by atoms with van der Waals surface area (Å²) in [5, 5.41) is 6.87. The third kappa shape index (κ3) is 7.74. The first-order valence-corrected chi connectivity index (χ1v) is 25.8. The van der Waals surface area contributed by atoms with E-state index in [2.05, 4.69) is 43.7 Å². The average molecular weight is 826 g/mol. The van der Waals surface area contributed by atoms with Crippen molar-refractivity contribution in [1.29, 1.82) is 0 Å². The van der Waals surface area contributed by atoms with Crippen LogP contribution in [0.15, 0.2) is 126 Å². The average Bonchev–Trinajstić information content (AvgIpc) is 3.74. The Labute approximate surface area is 325 Å². The number of carbonyl (C=O) groups is 1. The van der Waals surface area contributed by atoms with E-state index < -0.39 is 47.6 Å². The van der Waals surface area contributed by atoms with Crippen molar-refractivity contribution in [2.45, 2.75) is 56.8 Å². The second kappa shape index (κ2) is 15.2. The molecule has 0 aliphatic carbocycles. The molecule has 6 rings (SSSR count). The summed E-state index contributed by atoms with van der Waals surface area (Å²) >= 11 is 0. The number of nitrogens with zero attached hydrogens (tertiary/aromatic N) is 4. The van der Waals surface area contributed by atoms with E-state index in [-0.39, 0.29) is 36.2 Å². The number of hydroxylamine groups is 2. The van der Waals surface area contributed by atoms with Crippen molar-refractivity contribution < 1.29 is 34.3 Å². The van der Waals surface area contributed by atoms with Crippen molar-refractivity contribution in [3.05, 3.63) is 121 Å². The molecule has 0 spiro atoms. The molecule has 1 saturated heterocycles. The van der Waals surface area contributed by atoms with E-state index in [4.69, 9.17) is 12.7 Å². The first-order chi connectivity index (χ1) is 25.9. The Balaban J connectivity index is 1.28. The number of urea groups is 1. The number of hydrogen-bond acceptors (Lipinski definition) is 9. The van der Waals surface area contributed by atoms with E-state index in [9.17, 15) is 21.6 Å². The molecule has 1 unspecified atom stereocenters. The van der Waals surface area contributed by atoms with Gasteiger partial charge in [0, 0.05) is 13.2 Å². The zero-order chi connectivity index (χ0) is 39.7. The molecule has 0 radical (unpaired) electrons. The number of benzene rings is 3. The third-order valence-electron chi connectivity index (χ3n) is 10.4. The molecular formula is C38H48N5O8PS2Si. The van der Waals surface area contributed by atoms with E-state index in [1.165, 1.54) is 22.0 Å². The number of amides is 2. The monoisotopic (exact) mass is 825 g/mol. The summed E-state index contributed by atoms with van der Waals surface area (Å²) in [6.45, 7) is 8.30. The predicted molar refractivity (Wildman–Crippen MR) is 218 cm³/mol. The van der Waals surface area contributed by atoms with Gasteiger partial charge in [-0.1, -0.05) is 20.8 Å². The topological polar surface area (TPSA) is 149 Å². The van der Waals surface area contributed by atoms with Gasteiger partial charge in [0.2, 0.25) is 0 Å². The first kappa shape index (κ1) is 40.7. The minimum absolute atomic E-state index is 0.0113. The van der Waals surface area contributed by atoms with Crippen LogP contribution in [0.2, 0.25) is 18.1 Å². The van der Waals surface area contributed by atoms with Crippen molar-refractivity contribution in [1.82, 2.24) is 24.5 Å². The molecule has 3 heterocycles. The number of aromatic nitrogens is 2. The molecule has 3 aromatic carbocycles. The molecule has 2 aliphatic rings. The quantitative estimate of drug-likeness (QED) is 0.0956. The van der Waals surface area contributed by atoms with Crippen LogP contribution in [0.3, 0.4) is 0 Å². The van der Waals surface area contributed by atoms with Crippen molar-refractivity contribution in [2.75, 3.05) is 26.2 Å². The van der Waals surface area contributed by atoms with E-state index in [0.717, 1.165) is 5.06 Å². The van der Waals surface area contributed by atoms with E-state index in [1.807, 2.05) is 91.0 Å². The molecule has 294 valence electrons. The Morgan fingerprint density at radius 1 is 0.909 bits per heavy atom. The molecule has 1 N–H and O–H groups in total. The molecule has 55 heavy (non-hydrogen) atoms. The Morgan fingerprint density at radius 3 is 1.96 bits per heavy atom. The summed E-state index contributed by atoms with van der Waals surface area (Å²) in [5.41, 5.74) is 0.461. The number of nitrogens with one attached hydrogen (secondary N) is 1. The van der Waals surface area contributed by atoms with Crippen LogP contribution in [0.1, 0.15) is 27.7 Å². The summed E-state index contributed by atoms with van der Waals surface area (Å²) in [5.74, 6) is 1.80.